The van der Waals surface area contributed by atoms with Gasteiger partial charge in [-0.3, -0.25) is 0 Å². The maximum atomic E-state index is 11.0. The molecule has 0 aliphatic carbocycles. The van der Waals surface area contributed by atoms with Gasteiger partial charge < -0.3 is 9.64 Å². The number of ether oxygens (including phenoxy) is 1. The van der Waals surface area contributed by atoms with Gasteiger partial charge in [0.2, 0.25) is 0 Å². The van der Waals surface area contributed by atoms with Crippen molar-refractivity contribution < 1.29 is 14.6 Å². The van der Waals surface area contributed by atoms with Gasteiger partial charge in [-0.1, -0.05) is 13.3 Å². The van der Waals surface area contributed by atoms with Crippen LogP contribution in [0.25, 0.3) is 0 Å². The summed E-state index contributed by atoms with van der Waals surface area (Å²) in [5, 5.41) is 10.6. The van der Waals surface area contributed by atoms with Crippen molar-refractivity contribution in [1.29, 1.82) is 0 Å². The van der Waals surface area contributed by atoms with E-state index >= 15 is 0 Å². The van der Waals surface area contributed by atoms with Crippen LogP contribution in [0.5, 0.6) is 0 Å². The van der Waals surface area contributed by atoms with E-state index in [-0.39, 0.29) is 6.09 Å². The topological polar surface area (TPSA) is 49.4 Å². The van der Waals surface area contributed by atoms with Crippen molar-refractivity contribution >= 4 is 6.09 Å². The maximum Gasteiger partial charge on any atom is 0.409 e. The second kappa shape index (κ2) is 4.30. The van der Waals surface area contributed by atoms with Gasteiger partial charge in [-0.15, -0.1) is 0 Å². The number of carbonyl (C=O) groups excluding carboxylic acids is 1. The van der Waals surface area contributed by atoms with Crippen molar-refractivity contribution in [2.45, 2.75) is 25.9 Å². The molecule has 4 heteroatoms. The van der Waals surface area contributed by atoms with E-state index in [1.807, 2.05) is 6.92 Å². The average Bonchev–Trinajstić information content (AvgIpc) is 1.99. The van der Waals surface area contributed by atoms with Gasteiger partial charge >= 0.3 is 6.09 Å². The molecule has 1 fully saturated rings. The largest absolute Gasteiger partial charge is 0.449 e. The first-order valence-corrected chi connectivity index (χ1v) is 4.31. The Morgan fingerprint density at radius 1 is 1.58 bits per heavy atom. The SMILES string of the molecule is CCCCOC(=O)N1CC([O])C1. The van der Waals surface area contributed by atoms with Crippen LogP contribution >= 0.6 is 0 Å². The molecule has 0 spiro atoms. The van der Waals surface area contributed by atoms with Crippen LogP contribution in [0.1, 0.15) is 19.8 Å². The number of likely N-dealkylation sites (tertiary alicyclic amines) is 1. The number of unbranched alkanes of at least 4 members (excludes halogenated alkanes) is 1. The van der Waals surface area contributed by atoms with E-state index < -0.39 is 6.10 Å². The van der Waals surface area contributed by atoms with Crippen LogP contribution in [0.15, 0.2) is 0 Å². The van der Waals surface area contributed by atoms with Gasteiger partial charge in [0, 0.05) is 0 Å². The predicted molar refractivity (Wildman–Crippen MR) is 42.3 cm³/mol. The van der Waals surface area contributed by atoms with E-state index in [2.05, 4.69) is 0 Å². The Hall–Kier alpha value is -0.770. The zero-order valence-electron chi connectivity index (χ0n) is 7.28. The molecule has 0 N–H and O–H groups in total. The Labute approximate surface area is 72.1 Å². The van der Waals surface area contributed by atoms with Crippen LogP contribution in [0.2, 0.25) is 0 Å². The van der Waals surface area contributed by atoms with E-state index in [1.165, 1.54) is 4.90 Å². The molecule has 1 rings (SSSR count). The van der Waals surface area contributed by atoms with Crippen LogP contribution in [0, 0.1) is 0 Å². The molecule has 69 valence electrons. The molecule has 1 aliphatic heterocycles. The smallest absolute Gasteiger partial charge is 0.409 e. The molecule has 0 atom stereocenters. The molecule has 0 aromatic carbocycles. The minimum Gasteiger partial charge on any atom is -0.449 e. The minimum atomic E-state index is -0.594. The first-order valence-electron chi connectivity index (χ1n) is 4.31. The van der Waals surface area contributed by atoms with Gasteiger partial charge in [0.1, 0.15) is 6.10 Å². The lowest BCUT2D eigenvalue weighted by molar-refractivity contribution is -0.0397. The van der Waals surface area contributed by atoms with Crippen molar-refractivity contribution in [3.05, 3.63) is 0 Å². The lowest BCUT2D eigenvalue weighted by Crippen LogP contribution is -2.53. The van der Waals surface area contributed by atoms with E-state index in [0.29, 0.717) is 19.7 Å². The average molecular weight is 172 g/mol. The zero-order chi connectivity index (χ0) is 8.97. The molecular formula is C8H14NO3. The van der Waals surface area contributed by atoms with Gasteiger partial charge in [-0.2, -0.15) is 0 Å². The van der Waals surface area contributed by atoms with Gasteiger partial charge in [0.15, 0.2) is 0 Å². The normalized spacial score (nSPS) is 17.3. The second-order valence-electron chi connectivity index (χ2n) is 2.99. The molecule has 0 unspecified atom stereocenters. The molecule has 0 aromatic heterocycles. The molecule has 0 saturated carbocycles. The first-order chi connectivity index (χ1) is 5.74. The Morgan fingerprint density at radius 3 is 2.75 bits per heavy atom. The van der Waals surface area contributed by atoms with Crippen molar-refractivity contribution in [3.63, 3.8) is 0 Å². The molecule has 0 aromatic rings. The molecule has 4 nitrogen and oxygen atoms in total. The zero-order valence-corrected chi connectivity index (χ0v) is 7.28. The number of amides is 1. The fourth-order valence-corrected chi connectivity index (χ4v) is 0.982. The van der Waals surface area contributed by atoms with Crippen molar-refractivity contribution in [2.24, 2.45) is 0 Å². The number of hydrogen-bond acceptors (Lipinski definition) is 2. The highest BCUT2D eigenvalue weighted by molar-refractivity contribution is 5.68. The number of nitrogens with zero attached hydrogens (tertiary/aromatic N) is 1. The lowest BCUT2D eigenvalue weighted by atomic mass is 10.2. The monoisotopic (exact) mass is 172 g/mol. The molecule has 1 saturated heterocycles. The summed E-state index contributed by atoms with van der Waals surface area (Å²) in [6.07, 6.45) is 0.969. The summed E-state index contributed by atoms with van der Waals surface area (Å²) in [6, 6.07) is 0. The Bertz CT molecular complexity index is 154. The van der Waals surface area contributed by atoms with Gasteiger partial charge in [-0.05, 0) is 6.42 Å². The molecule has 1 aliphatic rings. The summed E-state index contributed by atoms with van der Waals surface area (Å²) in [4.78, 5) is 12.4. The summed E-state index contributed by atoms with van der Waals surface area (Å²) in [6.45, 7) is 3.12. The van der Waals surface area contributed by atoms with Crippen molar-refractivity contribution in [2.75, 3.05) is 19.7 Å². The first kappa shape index (κ1) is 9.32. The summed E-state index contributed by atoms with van der Waals surface area (Å²) in [5.41, 5.74) is 0. The van der Waals surface area contributed by atoms with Gasteiger partial charge in [0.25, 0.3) is 0 Å². The standard InChI is InChI=1S/C8H14NO3/c1-2-3-4-12-8(11)9-5-7(10)6-9/h7H,2-6H2,1H3. The van der Waals surface area contributed by atoms with E-state index in [0.717, 1.165) is 12.8 Å². The number of carbonyl (C=O) groups is 1. The van der Waals surface area contributed by atoms with Crippen molar-refractivity contribution in [1.82, 2.24) is 4.90 Å². The fraction of sp³-hybridized carbons (Fsp3) is 0.875. The van der Waals surface area contributed by atoms with E-state index in [4.69, 9.17) is 4.74 Å². The number of rotatable bonds is 3. The Kier molecular flexibility index (Phi) is 3.34. The molecule has 1 radical (unpaired) electrons. The van der Waals surface area contributed by atoms with Crippen LogP contribution in [-0.2, 0) is 9.84 Å². The van der Waals surface area contributed by atoms with Gasteiger partial charge in [-0.25, -0.2) is 9.90 Å². The quantitative estimate of drug-likeness (QED) is 0.597. The van der Waals surface area contributed by atoms with E-state index in [9.17, 15) is 9.90 Å². The molecule has 1 amide bonds. The molecule has 12 heavy (non-hydrogen) atoms. The Morgan fingerprint density at radius 2 is 2.25 bits per heavy atom. The highest BCUT2D eigenvalue weighted by Crippen LogP contribution is 2.09. The number of hydrogen-bond donors (Lipinski definition) is 0. The van der Waals surface area contributed by atoms with Crippen LogP contribution in [0.4, 0.5) is 4.79 Å². The third-order valence-corrected chi connectivity index (χ3v) is 1.83. The summed E-state index contributed by atoms with van der Waals surface area (Å²) in [5.74, 6) is 0. The molecule has 1 heterocycles. The second-order valence-corrected chi connectivity index (χ2v) is 2.99. The summed E-state index contributed by atoms with van der Waals surface area (Å²) >= 11 is 0. The third kappa shape index (κ3) is 2.37. The summed E-state index contributed by atoms with van der Waals surface area (Å²) in [7, 11) is 0. The van der Waals surface area contributed by atoms with Gasteiger partial charge in [0.05, 0.1) is 19.7 Å². The predicted octanol–water partition coefficient (Wildman–Crippen LogP) is 1.04. The third-order valence-electron chi connectivity index (χ3n) is 1.83. The van der Waals surface area contributed by atoms with E-state index in [1.54, 1.807) is 0 Å². The fourth-order valence-electron chi connectivity index (χ4n) is 0.982. The lowest BCUT2D eigenvalue weighted by Gasteiger charge is -2.33. The highest BCUT2D eigenvalue weighted by Gasteiger charge is 2.30. The van der Waals surface area contributed by atoms with Crippen LogP contribution in [-0.4, -0.2) is 36.8 Å². The molecular weight excluding hydrogens is 158 g/mol. The minimum absolute atomic E-state index is 0.310. The van der Waals surface area contributed by atoms with Crippen LogP contribution in [0.3, 0.4) is 0 Å². The van der Waals surface area contributed by atoms with Crippen LogP contribution < -0.4 is 0 Å². The highest BCUT2D eigenvalue weighted by atomic mass is 16.6. The summed E-state index contributed by atoms with van der Waals surface area (Å²) < 4.78 is 4.88. The maximum absolute atomic E-state index is 11.0. The molecule has 0 bridgehead atoms. The van der Waals surface area contributed by atoms with Crippen molar-refractivity contribution in [3.8, 4) is 0 Å². The Balaban J connectivity index is 2.04.